The van der Waals surface area contributed by atoms with Gasteiger partial charge in [-0.25, -0.2) is 4.79 Å². The summed E-state index contributed by atoms with van der Waals surface area (Å²) in [6.07, 6.45) is 0. The summed E-state index contributed by atoms with van der Waals surface area (Å²) in [5.74, 6) is 0.520. The van der Waals surface area contributed by atoms with Gasteiger partial charge in [-0.1, -0.05) is 0 Å². The van der Waals surface area contributed by atoms with Crippen molar-refractivity contribution < 1.29 is 14.3 Å². The Morgan fingerprint density at radius 2 is 1.77 bits per heavy atom. The highest BCUT2D eigenvalue weighted by Gasteiger charge is 2.17. The summed E-state index contributed by atoms with van der Waals surface area (Å²) < 4.78 is 5.13. The first kappa shape index (κ1) is 15.8. The van der Waals surface area contributed by atoms with E-state index in [0.717, 1.165) is 16.2 Å². The van der Waals surface area contributed by atoms with Gasteiger partial charge in [-0.2, -0.15) is 0 Å². The van der Waals surface area contributed by atoms with Crippen LogP contribution in [0, 0.1) is 0 Å². The van der Waals surface area contributed by atoms with E-state index >= 15 is 0 Å². The third-order valence-corrected chi connectivity index (χ3v) is 4.20. The summed E-state index contributed by atoms with van der Waals surface area (Å²) in [4.78, 5) is 24.8. The molecule has 0 bridgehead atoms. The molecule has 0 aliphatic rings. The molecule has 0 saturated carbocycles. The number of hydrogen-bond acceptors (Lipinski definition) is 4. The average Bonchev–Trinajstić information content (AvgIpc) is 2.97. The fourth-order valence-electron chi connectivity index (χ4n) is 1.85. The third-order valence-electron chi connectivity index (χ3n) is 3.02. The maximum Gasteiger partial charge on any atom is 0.319 e. The maximum absolute atomic E-state index is 12.0. The lowest BCUT2D eigenvalue weighted by Crippen LogP contribution is -2.26. The average molecular weight is 319 g/mol. The molecule has 0 saturated heterocycles. The zero-order valence-electron chi connectivity index (χ0n) is 12.5. The van der Waals surface area contributed by atoms with E-state index < -0.39 is 0 Å². The highest BCUT2D eigenvalue weighted by atomic mass is 32.1. The van der Waals surface area contributed by atoms with E-state index in [4.69, 9.17) is 4.74 Å². The van der Waals surface area contributed by atoms with Gasteiger partial charge in [0.25, 0.3) is 5.91 Å². The van der Waals surface area contributed by atoms with Crippen molar-refractivity contribution in [1.82, 2.24) is 10.6 Å². The molecule has 0 fully saturated rings. The van der Waals surface area contributed by atoms with Crippen molar-refractivity contribution in [3.63, 3.8) is 0 Å². The van der Waals surface area contributed by atoms with Crippen LogP contribution in [0.2, 0.25) is 0 Å². The van der Waals surface area contributed by atoms with Crippen LogP contribution in [0.1, 0.15) is 9.67 Å². The van der Waals surface area contributed by atoms with Crippen LogP contribution in [0.5, 0.6) is 5.75 Å². The molecule has 3 amide bonds. The molecule has 1 aromatic carbocycles. The van der Waals surface area contributed by atoms with Gasteiger partial charge in [0.2, 0.25) is 0 Å². The van der Waals surface area contributed by atoms with E-state index in [0.29, 0.717) is 10.6 Å². The minimum absolute atomic E-state index is 0.240. The minimum Gasteiger partial charge on any atom is -0.497 e. The van der Waals surface area contributed by atoms with Gasteiger partial charge in [0.15, 0.2) is 0 Å². The Kier molecular flexibility index (Phi) is 5.00. The standard InChI is InChI=1S/C15H17N3O3S/c1-16-14(19)13-11(18-15(20)17-2)8-12(22-13)9-4-6-10(21-3)7-5-9/h4-8H,1-3H3,(H,16,19)(H2,17,18,20). The fraction of sp³-hybridized carbons (Fsp3) is 0.200. The Hall–Kier alpha value is -2.54. The highest BCUT2D eigenvalue weighted by molar-refractivity contribution is 7.18. The molecule has 3 N–H and O–H groups in total. The van der Waals surface area contributed by atoms with Crippen LogP contribution in [-0.4, -0.2) is 33.1 Å². The first-order valence-electron chi connectivity index (χ1n) is 6.58. The third kappa shape index (κ3) is 3.37. The molecule has 116 valence electrons. The van der Waals surface area contributed by atoms with Crippen molar-refractivity contribution in [2.24, 2.45) is 0 Å². The number of nitrogens with one attached hydrogen (secondary N) is 3. The molecule has 0 aliphatic heterocycles. The molecule has 22 heavy (non-hydrogen) atoms. The summed E-state index contributed by atoms with van der Waals surface area (Å²) in [6.45, 7) is 0. The van der Waals surface area contributed by atoms with Gasteiger partial charge in [0.05, 0.1) is 12.8 Å². The summed E-state index contributed by atoms with van der Waals surface area (Å²) in [5.41, 5.74) is 1.43. The molecule has 1 aromatic heterocycles. The normalized spacial score (nSPS) is 9.95. The Morgan fingerprint density at radius 3 is 2.32 bits per heavy atom. The van der Waals surface area contributed by atoms with Crippen LogP contribution in [-0.2, 0) is 0 Å². The quantitative estimate of drug-likeness (QED) is 0.810. The monoisotopic (exact) mass is 319 g/mol. The van der Waals surface area contributed by atoms with Gasteiger partial charge in [-0.3, -0.25) is 4.79 Å². The SMILES string of the molecule is CNC(=O)Nc1cc(-c2ccc(OC)cc2)sc1C(=O)NC. The Morgan fingerprint density at radius 1 is 1.09 bits per heavy atom. The molecular formula is C15H17N3O3S. The van der Waals surface area contributed by atoms with E-state index in [1.807, 2.05) is 24.3 Å². The number of carbonyl (C=O) groups excluding carboxylic acids is 2. The number of carbonyl (C=O) groups is 2. The van der Waals surface area contributed by atoms with Crippen LogP contribution in [0.4, 0.5) is 10.5 Å². The number of benzene rings is 1. The highest BCUT2D eigenvalue weighted by Crippen LogP contribution is 2.35. The predicted molar refractivity (Wildman–Crippen MR) is 87.8 cm³/mol. The number of urea groups is 1. The smallest absolute Gasteiger partial charge is 0.319 e. The number of hydrogen-bond donors (Lipinski definition) is 3. The van der Waals surface area contributed by atoms with Crippen LogP contribution >= 0.6 is 11.3 Å². The number of methoxy groups -OCH3 is 1. The predicted octanol–water partition coefficient (Wildman–Crippen LogP) is 2.53. The van der Waals surface area contributed by atoms with E-state index in [1.165, 1.54) is 18.4 Å². The van der Waals surface area contributed by atoms with E-state index in [-0.39, 0.29) is 11.9 Å². The number of rotatable bonds is 4. The topological polar surface area (TPSA) is 79.5 Å². The second kappa shape index (κ2) is 6.95. The molecule has 0 aliphatic carbocycles. The molecule has 2 aromatic rings. The summed E-state index contributed by atoms with van der Waals surface area (Å²) in [6, 6.07) is 8.92. The van der Waals surface area contributed by atoms with Gasteiger partial charge in [-0.05, 0) is 35.9 Å². The second-order valence-electron chi connectivity index (χ2n) is 4.37. The fourth-order valence-corrected chi connectivity index (χ4v) is 2.91. The minimum atomic E-state index is -0.371. The van der Waals surface area contributed by atoms with Crippen molar-refractivity contribution in [3.05, 3.63) is 35.2 Å². The van der Waals surface area contributed by atoms with Crippen LogP contribution in [0.3, 0.4) is 0 Å². The van der Waals surface area contributed by atoms with Crippen LogP contribution < -0.4 is 20.7 Å². The summed E-state index contributed by atoms with van der Waals surface area (Å²) in [5, 5.41) is 7.71. The molecular weight excluding hydrogens is 302 g/mol. The summed E-state index contributed by atoms with van der Waals surface area (Å²) >= 11 is 1.32. The second-order valence-corrected chi connectivity index (χ2v) is 5.42. The van der Waals surface area contributed by atoms with Gasteiger partial charge < -0.3 is 20.7 Å². The zero-order chi connectivity index (χ0) is 16.1. The molecule has 0 atom stereocenters. The lowest BCUT2D eigenvalue weighted by atomic mass is 10.2. The Balaban J connectivity index is 2.39. The van der Waals surface area contributed by atoms with Gasteiger partial charge in [0, 0.05) is 19.0 Å². The lowest BCUT2D eigenvalue weighted by Gasteiger charge is -2.04. The van der Waals surface area contributed by atoms with Crippen molar-refractivity contribution >= 4 is 29.0 Å². The van der Waals surface area contributed by atoms with Crippen molar-refractivity contribution in [2.75, 3.05) is 26.5 Å². The van der Waals surface area contributed by atoms with Crippen molar-refractivity contribution in [3.8, 4) is 16.2 Å². The van der Waals surface area contributed by atoms with Crippen LogP contribution in [0.25, 0.3) is 10.4 Å². The Labute approximate surface area is 132 Å². The number of thiophene rings is 1. The Bertz CT molecular complexity index is 680. The molecule has 7 heteroatoms. The molecule has 1 heterocycles. The molecule has 0 radical (unpaired) electrons. The molecule has 0 unspecified atom stereocenters. The number of amides is 3. The maximum atomic E-state index is 12.0. The largest absolute Gasteiger partial charge is 0.497 e. The van der Waals surface area contributed by atoms with Crippen molar-refractivity contribution in [1.29, 1.82) is 0 Å². The molecule has 6 nitrogen and oxygen atoms in total. The van der Waals surface area contributed by atoms with Gasteiger partial charge in [-0.15, -0.1) is 11.3 Å². The van der Waals surface area contributed by atoms with Gasteiger partial charge in [0.1, 0.15) is 10.6 Å². The van der Waals surface area contributed by atoms with Crippen molar-refractivity contribution in [2.45, 2.75) is 0 Å². The zero-order valence-corrected chi connectivity index (χ0v) is 13.3. The van der Waals surface area contributed by atoms with E-state index in [9.17, 15) is 9.59 Å². The first-order valence-corrected chi connectivity index (χ1v) is 7.39. The first-order chi connectivity index (χ1) is 10.6. The molecule has 2 rings (SSSR count). The lowest BCUT2D eigenvalue weighted by molar-refractivity contribution is 0.0968. The molecule has 0 spiro atoms. The van der Waals surface area contributed by atoms with E-state index in [2.05, 4.69) is 16.0 Å². The van der Waals surface area contributed by atoms with Crippen LogP contribution in [0.15, 0.2) is 30.3 Å². The van der Waals surface area contributed by atoms with Gasteiger partial charge >= 0.3 is 6.03 Å². The number of anilines is 1. The van der Waals surface area contributed by atoms with E-state index in [1.54, 1.807) is 20.2 Å². The summed E-state index contributed by atoms with van der Waals surface area (Å²) in [7, 11) is 4.68. The number of ether oxygens (including phenoxy) is 1.